The van der Waals surface area contributed by atoms with Gasteiger partial charge in [0.1, 0.15) is 17.7 Å². The highest BCUT2D eigenvalue weighted by Crippen LogP contribution is 2.50. The van der Waals surface area contributed by atoms with Crippen LogP contribution in [0.25, 0.3) is 5.76 Å². The molecule has 3 heterocycles. The molecule has 0 bridgehead atoms. The molecule has 1 aliphatic heterocycles. The van der Waals surface area contributed by atoms with Gasteiger partial charge in [-0.1, -0.05) is 6.07 Å². The van der Waals surface area contributed by atoms with E-state index in [0.29, 0.717) is 18.5 Å². The van der Waals surface area contributed by atoms with E-state index in [9.17, 15) is 19.5 Å². The molecule has 8 heteroatoms. The molecule has 2 aromatic rings. The number of nitrogens with one attached hydrogen (secondary N) is 1. The Balaban J connectivity index is 1.73. The number of aliphatic hydroxyl groups is 1. The number of carbonyl (C=O) groups excluding carboxylic acids is 2. The SMILES string of the molecule is O=C(O)CNC(=O)C1=C(O)c2cccn2C2(CCC(c3cccnc3)C2)C1=O. The van der Waals surface area contributed by atoms with Gasteiger partial charge in [-0.3, -0.25) is 19.4 Å². The minimum atomic E-state index is -1.23. The van der Waals surface area contributed by atoms with E-state index < -0.39 is 35.5 Å². The van der Waals surface area contributed by atoms with E-state index in [-0.39, 0.29) is 11.5 Å². The zero-order chi connectivity index (χ0) is 19.9. The van der Waals surface area contributed by atoms with Crippen LogP contribution in [0.1, 0.15) is 36.4 Å². The predicted molar refractivity (Wildman–Crippen MR) is 98.4 cm³/mol. The smallest absolute Gasteiger partial charge is 0.322 e. The number of carboxylic acid groups (broad SMARTS) is 1. The summed E-state index contributed by atoms with van der Waals surface area (Å²) in [6, 6.07) is 7.18. The summed E-state index contributed by atoms with van der Waals surface area (Å²) in [5.41, 5.74) is 0.0457. The van der Waals surface area contributed by atoms with Gasteiger partial charge in [0.05, 0.1) is 5.69 Å². The lowest BCUT2D eigenvalue weighted by Gasteiger charge is -2.36. The molecule has 0 aromatic carbocycles. The van der Waals surface area contributed by atoms with E-state index in [4.69, 9.17) is 5.11 Å². The average Bonchev–Trinajstić information content (AvgIpc) is 3.34. The molecule has 1 fully saturated rings. The number of hydrogen-bond acceptors (Lipinski definition) is 5. The van der Waals surface area contributed by atoms with Crippen LogP contribution in [-0.2, 0) is 19.9 Å². The Labute approximate surface area is 160 Å². The van der Waals surface area contributed by atoms with Gasteiger partial charge in [0.2, 0.25) is 0 Å². The van der Waals surface area contributed by atoms with Gasteiger partial charge < -0.3 is 20.1 Å². The Bertz CT molecular complexity index is 994. The number of ketones is 1. The minimum absolute atomic E-state index is 0.0940. The van der Waals surface area contributed by atoms with Gasteiger partial charge in [0, 0.05) is 18.6 Å². The number of pyridine rings is 1. The maximum absolute atomic E-state index is 13.4. The van der Waals surface area contributed by atoms with E-state index in [1.165, 1.54) is 0 Å². The number of carbonyl (C=O) groups is 3. The molecule has 8 nitrogen and oxygen atoms in total. The topological polar surface area (TPSA) is 122 Å². The first-order chi connectivity index (χ1) is 13.4. The molecular formula is C20H19N3O5. The van der Waals surface area contributed by atoms with Crippen molar-refractivity contribution >= 4 is 23.4 Å². The third-order valence-electron chi connectivity index (χ3n) is 5.61. The number of aromatic nitrogens is 2. The molecule has 0 saturated heterocycles. The summed E-state index contributed by atoms with van der Waals surface area (Å²) < 4.78 is 1.75. The Kier molecular flexibility index (Phi) is 4.26. The average molecular weight is 381 g/mol. The van der Waals surface area contributed by atoms with E-state index in [2.05, 4.69) is 10.3 Å². The maximum atomic E-state index is 13.4. The van der Waals surface area contributed by atoms with Crippen LogP contribution in [0.2, 0.25) is 0 Å². The van der Waals surface area contributed by atoms with Crippen molar-refractivity contribution in [1.82, 2.24) is 14.9 Å². The summed E-state index contributed by atoms with van der Waals surface area (Å²) in [4.78, 5) is 40.9. The second-order valence-corrected chi connectivity index (χ2v) is 7.15. The highest BCUT2D eigenvalue weighted by atomic mass is 16.4. The second-order valence-electron chi connectivity index (χ2n) is 7.15. The van der Waals surface area contributed by atoms with Crippen molar-refractivity contribution in [2.75, 3.05) is 6.54 Å². The molecule has 28 heavy (non-hydrogen) atoms. The van der Waals surface area contributed by atoms with E-state index in [0.717, 1.165) is 12.0 Å². The number of aliphatic carboxylic acids is 1. The Hall–Kier alpha value is -3.42. The number of carboxylic acids is 1. The first-order valence-corrected chi connectivity index (χ1v) is 9.00. The van der Waals surface area contributed by atoms with Crippen LogP contribution in [-0.4, -0.2) is 44.0 Å². The molecule has 2 aliphatic rings. The lowest BCUT2D eigenvalue weighted by Crippen LogP contribution is -2.48. The number of rotatable bonds is 4. The first-order valence-electron chi connectivity index (χ1n) is 9.00. The quantitative estimate of drug-likeness (QED) is 0.692. The number of amides is 1. The Morgan fingerprint density at radius 2 is 2.14 bits per heavy atom. The van der Waals surface area contributed by atoms with Gasteiger partial charge in [-0.15, -0.1) is 0 Å². The molecule has 2 unspecified atom stereocenters. The maximum Gasteiger partial charge on any atom is 0.322 e. The molecule has 1 spiro atoms. The Morgan fingerprint density at radius 3 is 2.86 bits per heavy atom. The normalized spacial score (nSPS) is 23.7. The van der Waals surface area contributed by atoms with E-state index in [1.54, 1.807) is 35.3 Å². The number of Topliss-reactive ketones (excluding diaryl/α,β-unsaturated/α-hetero) is 1. The molecule has 0 radical (unpaired) electrons. The van der Waals surface area contributed by atoms with Crippen LogP contribution < -0.4 is 5.32 Å². The number of aliphatic hydroxyl groups excluding tert-OH is 1. The van der Waals surface area contributed by atoms with Gasteiger partial charge in [0.15, 0.2) is 11.5 Å². The van der Waals surface area contributed by atoms with Crippen molar-refractivity contribution < 1.29 is 24.6 Å². The number of fused-ring (bicyclic) bond motifs is 2. The summed E-state index contributed by atoms with van der Waals surface area (Å²) >= 11 is 0. The second kappa shape index (κ2) is 6.63. The molecule has 2 aromatic heterocycles. The van der Waals surface area contributed by atoms with Crippen LogP contribution >= 0.6 is 0 Å². The van der Waals surface area contributed by atoms with Gasteiger partial charge in [0.25, 0.3) is 5.91 Å². The largest absolute Gasteiger partial charge is 0.505 e. The zero-order valence-corrected chi connectivity index (χ0v) is 15.0. The van der Waals surface area contributed by atoms with Gasteiger partial charge >= 0.3 is 5.97 Å². The van der Waals surface area contributed by atoms with Crippen molar-refractivity contribution in [3.05, 3.63) is 59.7 Å². The van der Waals surface area contributed by atoms with Gasteiger partial charge in [-0.2, -0.15) is 0 Å². The minimum Gasteiger partial charge on any atom is -0.505 e. The van der Waals surface area contributed by atoms with Crippen molar-refractivity contribution in [1.29, 1.82) is 0 Å². The highest BCUT2D eigenvalue weighted by Gasteiger charge is 2.53. The van der Waals surface area contributed by atoms with Crippen molar-refractivity contribution in [3.63, 3.8) is 0 Å². The molecule has 1 amide bonds. The third kappa shape index (κ3) is 2.69. The summed E-state index contributed by atoms with van der Waals surface area (Å²) in [6.07, 6.45) is 6.93. The third-order valence-corrected chi connectivity index (χ3v) is 5.61. The van der Waals surface area contributed by atoms with Crippen LogP contribution in [0.3, 0.4) is 0 Å². The fourth-order valence-electron chi connectivity index (χ4n) is 4.33. The molecule has 144 valence electrons. The van der Waals surface area contributed by atoms with Gasteiger partial charge in [-0.05, 0) is 48.9 Å². The highest BCUT2D eigenvalue weighted by molar-refractivity contribution is 6.27. The Morgan fingerprint density at radius 1 is 1.32 bits per heavy atom. The summed E-state index contributed by atoms with van der Waals surface area (Å²) in [5.74, 6) is -2.92. The van der Waals surface area contributed by atoms with Crippen LogP contribution in [0.4, 0.5) is 0 Å². The summed E-state index contributed by atoms with van der Waals surface area (Å²) in [7, 11) is 0. The summed E-state index contributed by atoms with van der Waals surface area (Å²) in [5, 5.41) is 21.5. The lowest BCUT2D eigenvalue weighted by molar-refractivity contribution is -0.138. The number of nitrogens with zero attached hydrogens (tertiary/aromatic N) is 2. The van der Waals surface area contributed by atoms with Crippen molar-refractivity contribution in [2.45, 2.75) is 30.7 Å². The van der Waals surface area contributed by atoms with E-state index >= 15 is 0 Å². The molecule has 1 saturated carbocycles. The van der Waals surface area contributed by atoms with Crippen LogP contribution in [0.5, 0.6) is 0 Å². The predicted octanol–water partition coefficient (Wildman–Crippen LogP) is 1.60. The monoisotopic (exact) mass is 381 g/mol. The molecule has 2 atom stereocenters. The first kappa shape index (κ1) is 18.0. The summed E-state index contributed by atoms with van der Waals surface area (Å²) in [6.45, 7) is -0.630. The van der Waals surface area contributed by atoms with Crippen LogP contribution in [0, 0.1) is 0 Å². The fourth-order valence-corrected chi connectivity index (χ4v) is 4.33. The lowest BCUT2D eigenvalue weighted by atomic mass is 9.81. The fraction of sp³-hybridized carbons (Fsp3) is 0.300. The van der Waals surface area contributed by atoms with Gasteiger partial charge in [-0.25, -0.2) is 0 Å². The van der Waals surface area contributed by atoms with Crippen molar-refractivity contribution in [2.24, 2.45) is 0 Å². The molecule has 1 aliphatic carbocycles. The van der Waals surface area contributed by atoms with Crippen LogP contribution in [0.15, 0.2) is 48.4 Å². The van der Waals surface area contributed by atoms with E-state index in [1.807, 2.05) is 12.1 Å². The number of hydrogen-bond donors (Lipinski definition) is 3. The molecule has 3 N–H and O–H groups in total. The molecule has 4 rings (SSSR count). The molecular weight excluding hydrogens is 362 g/mol. The van der Waals surface area contributed by atoms with Crippen molar-refractivity contribution in [3.8, 4) is 0 Å². The standard InChI is InChI=1S/C20H19N3O5/c24-15(25)11-22-19(28)16-17(26)14-4-2-8-23(14)20(18(16)27)6-5-12(9-20)13-3-1-7-21-10-13/h1-4,7-8,10,12,26H,5-6,9,11H2,(H,22,28)(H,24,25). The zero-order valence-electron chi connectivity index (χ0n) is 15.0.